The van der Waals surface area contributed by atoms with Crippen LogP contribution in [0.15, 0.2) is 24.3 Å². The summed E-state index contributed by atoms with van der Waals surface area (Å²) in [6, 6.07) is 6.97. The second-order valence-electron chi connectivity index (χ2n) is 6.54. The van der Waals surface area contributed by atoms with Gasteiger partial charge in [0.05, 0.1) is 0 Å². The van der Waals surface area contributed by atoms with Crippen LogP contribution < -0.4 is 16.0 Å². The molecule has 0 saturated heterocycles. The highest BCUT2D eigenvalue weighted by molar-refractivity contribution is 7.80. The van der Waals surface area contributed by atoms with Gasteiger partial charge in [-0.3, -0.25) is 9.59 Å². The third-order valence-corrected chi connectivity index (χ3v) is 4.62. The summed E-state index contributed by atoms with van der Waals surface area (Å²) in [6.45, 7) is 1.19. The Morgan fingerprint density at radius 1 is 1.19 bits per heavy atom. The van der Waals surface area contributed by atoms with Gasteiger partial charge in [0.15, 0.2) is 5.11 Å². The maximum Gasteiger partial charge on any atom is 0.251 e. The van der Waals surface area contributed by atoms with Crippen LogP contribution in [0.2, 0.25) is 0 Å². The maximum atomic E-state index is 12.0. The number of rotatable bonds is 8. The number of methoxy groups -OCH3 is 1. The Balaban J connectivity index is 1.74. The minimum Gasteiger partial charge on any atom is -0.385 e. The van der Waals surface area contributed by atoms with E-state index in [2.05, 4.69) is 16.0 Å². The first-order chi connectivity index (χ1) is 12.6. The van der Waals surface area contributed by atoms with E-state index in [0.717, 1.165) is 24.9 Å². The maximum absolute atomic E-state index is 12.0. The van der Waals surface area contributed by atoms with Gasteiger partial charge in [-0.05, 0) is 61.7 Å². The molecule has 1 saturated carbocycles. The number of hydrogen-bond donors (Lipinski definition) is 3. The summed E-state index contributed by atoms with van der Waals surface area (Å²) < 4.78 is 4.94. The molecule has 7 heteroatoms. The highest BCUT2D eigenvalue weighted by Gasteiger charge is 2.18. The highest BCUT2D eigenvalue weighted by Crippen LogP contribution is 2.27. The molecule has 0 radical (unpaired) electrons. The van der Waals surface area contributed by atoms with Gasteiger partial charge in [-0.2, -0.15) is 0 Å². The Morgan fingerprint density at radius 2 is 1.88 bits per heavy atom. The molecule has 2 rings (SSSR count). The Hall–Kier alpha value is -1.99. The van der Waals surface area contributed by atoms with Crippen LogP contribution in [0.5, 0.6) is 0 Å². The first kappa shape index (κ1) is 20.3. The van der Waals surface area contributed by atoms with Crippen molar-refractivity contribution in [3.05, 3.63) is 29.8 Å². The van der Waals surface area contributed by atoms with Crippen molar-refractivity contribution >= 4 is 34.8 Å². The molecule has 26 heavy (non-hydrogen) atoms. The smallest absolute Gasteiger partial charge is 0.251 e. The molecule has 0 bridgehead atoms. The van der Waals surface area contributed by atoms with E-state index >= 15 is 0 Å². The van der Waals surface area contributed by atoms with Gasteiger partial charge in [0, 0.05) is 37.9 Å². The van der Waals surface area contributed by atoms with E-state index in [0.29, 0.717) is 31.1 Å². The Bertz CT molecular complexity index is 613. The Kier molecular flexibility index (Phi) is 8.50. The molecule has 0 aliphatic heterocycles. The van der Waals surface area contributed by atoms with Gasteiger partial charge in [0.1, 0.15) is 0 Å². The van der Waals surface area contributed by atoms with Gasteiger partial charge < -0.3 is 20.7 Å². The standard InChI is InChI=1S/C19H27N3O3S/c1-25-12-4-11-20-18(24)15-7-9-16(10-8-15)21-19(26)22-17(23)13-14-5-2-3-6-14/h7-10,14H,2-6,11-13H2,1H3,(H,20,24)(H2,21,22,23,26). The fourth-order valence-corrected chi connectivity index (χ4v) is 3.27. The van der Waals surface area contributed by atoms with Crippen molar-refractivity contribution in [2.45, 2.75) is 38.5 Å². The van der Waals surface area contributed by atoms with Crippen LogP contribution in [0.4, 0.5) is 5.69 Å². The number of anilines is 1. The fourth-order valence-electron chi connectivity index (χ4n) is 3.04. The lowest BCUT2D eigenvalue weighted by Crippen LogP contribution is -2.34. The van der Waals surface area contributed by atoms with E-state index in [1.807, 2.05) is 0 Å². The van der Waals surface area contributed by atoms with Crippen LogP contribution in [0.25, 0.3) is 0 Å². The molecule has 0 aromatic heterocycles. The zero-order chi connectivity index (χ0) is 18.8. The van der Waals surface area contributed by atoms with E-state index in [1.54, 1.807) is 31.4 Å². The number of benzene rings is 1. The summed E-state index contributed by atoms with van der Waals surface area (Å²) >= 11 is 5.19. The van der Waals surface area contributed by atoms with Crippen LogP contribution in [-0.4, -0.2) is 37.2 Å². The lowest BCUT2D eigenvalue weighted by Gasteiger charge is -2.12. The zero-order valence-electron chi connectivity index (χ0n) is 15.2. The van der Waals surface area contributed by atoms with Crippen LogP contribution >= 0.6 is 12.2 Å². The third-order valence-electron chi connectivity index (χ3n) is 4.42. The summed E-state index contributed by atoms with van der Waals surface area (Å²) in [5.74, 6) is 0.320. The molecule has 1 aromatic rings. The molecule has 0 heterocycles. The van der Waals surface area contributed by atoms with Gasteiger partial charge in [0.25, 0.3) is 5.91 Å². The number of nitrogens with one attached hydrogen (secondary N) is 3. The molecular formula is C19H27N3O3S. The molecular weight excluding hydrogens is 350 g/mol. The third kappa shape index (κ3) is 7.09. The molecule has 1 aliphatic rings. The van der Waals surface area contributed by atoms with Crippen LogP contribution in [0.1, 0.15) is 48.9 Å². The van der Waals surface area contributed by atoms with Crippen LogP contribution in [0, 0.1) is 5.92 Å². The number of carbonyl (C=O) groups is 2. The van der Waals surface area contributed by atoms with Crippen LogP contribution in [-0.2, 0) is 9.53 Å². The first-order valence-electron chi connectivity index (χ1n) is 9.06. The second kappa shape index (κ2) is 10.9. The average Bonchev–Trinajstić information content (AvgIpc) is 3.11. The zero-order valence-corrected chi connectivity index (χ0v) is 16.0. The molecule has 6 nitrogen and oxygen atoms in total. The average molecular weight is 378 g/mol. The van der Waals surface area contributed by atoms with E-state index in [4.69, 9.17) is 17.0 Å². The first-order valence-corrected chi connectivity index (χ1v) is 9.47. The topological polar surface area (TPSA) is 79.5 Å². The van der Waals surface area contributed by atoms with E-state index in [1.165, 1.54) is 12.8 Å². The van der Waals surface area contributed by atoms with Crippen molar-refractivity contribution in [1.29, 1.82) is 0 Å². The molecule has 0 unspecified atom stereocenters. The summed E-state index contributed by atoms with van der Waals surface area (Å²) in [5, 5.41) is 8.81. The largest absolute Gasteiger partial charge is 0.385 e. The van der Waals surface area contributed by atoms with Crippen molar-refractivity contribution in [3.8, 4) is 0 Å². The van der Waals surface area contributed by atoms with Crippen LogP contribution in [0.3, 0.4) is 0 Å². The van der Waals surface area contributed by atoms with E-state index in [9.17, 15) is 9.59 Å². The summed E-state index contributed by atoms with van der Waals surface area (Å²) in [6.07, 6.45) is 5.99. The molecule has 1 aliphatic carbocycles. The van der Waals surface area contributed by atoms with Gasteiger partial charge in [0.2, 0.25) is 5.91 Å². The van der Waals surface area contributed by atoms with Crippen molar-refractivity contribution in [2.24, 2.45) is 5.92 Å². The van der Waals surface area contributed by atoms with Crippen molar-refractivity contribution in [3.63, 3.8) is 0 Å². The normalized spacial score (nSPS) is 14.0. The quantitative estimate of drug-likeness (QED) is 0.480. The van der Waals surface area contributed by atoms with Crippen molar-refractivity contribution < 1.29 is 14.3 Å². The Morgan fingerprint density at radius 3 is 2.54 bits per heavy atom. The molecule has 142 valence electrons. The van der Waals surface area contributed by atoms with Crippen molar-refractivity contribution in [1.82, 2.24) is 10.6 Å². The van der Waals surface area contributed by atoms with Crippen molar-refractivity contribution in [2.75, 3.05) is 25.6 Å². The summed E-state index contributed by atoms with van der Waals surface area (Å²) in [5.41, 5.74) is 1.30. The summed E-state index contributed by atoms with van der Waals surface area (Å²) in [4.78, 5) is 24.0. The lowest BCUT2D eigenvalue weighted by molar-refractivity contribution is -0.120. The molecule has 3 N–H and O–H groups in total. The number of amides is 2. The number of thiocarbonyl (C=S) groups is 1. The van der Waals surface area contributed by atoms with Gasteiger partial charge in [-0.15, -0.1) is 0 Å². The molecule has 1 aromatic carbocycles. The predicted octanol–water partition coefficient (Wildman–Crippen LogP) is 2.85. The minimum absolute atomic E-state index is 0.0403. The molecule has 1 fully saturated rings. The lowest BCUT2D eigenvalue weighted by atomic mass is 10.0. The van der Waals surface area contributed by atoms with Gasteiger partial charge >= 0.3 is 0 Å². The Labute approximate surface area is 160 Å². The number of hydrogen-bond acceptors (Lipinski definition) is 4. The number of carbonyl (C=O) groups excluding carboxylic acids is 2. The van der Waals surface area contributed by atoms with E-state index < -0.39 is 0 Å². The molecule has 0 atom stereocenters. The van der Waals surface area contributed by atoms with Gasteiger partial charge in [-0.25, -0.2) is 0 Å². The van der Waals surface area contributed by atoms with E-state index in [-0.39, 0.29) is 16.9 Å². The SMILES string of the molecule is COCCCNC(=O)c1ccc(NC(=S)NC(=O)CC2CCCC2)cc1. The predicted molar refractivity (Wildman–Crippen MR) is 106 cm³/mol. The molecule has 2 amide bonds. The minimum atomic E-state index is -0.125. The highest BCUT2D eigenvalue weighted by atomic mass is 32.1. The van der Waals surface area contributed by atoms with Gasteiger partial charge in [-0.1, -0.05) is 12.8 Å². The second-order valence-corrected chi connectivity index (χ2v) is 6.94. The summed E-state index contributed by atoms with van der Waals surface area (Å²) in [7, 11) is 1.63. The molecule has 0 spiro atoms. The monoisotopic (exact) mass is 377 g/mol. The fraction of sp³-hybridized carbons (Fsp3) is 0.526. The number of ether oxygens (including phenoxy) is 1.